The fourth-order valence-electron chi connectivity index (χ4n) is 2.56. The van der Waals surface area contributed by atoms with Crippen LogP contribution in [0.2, 0.25) is 5.02 Å². The summed E-state index contributed by atoms with van der Waals surface area (Å²) in [6.07, 6.45) is 0.345. The Kier molecular flexibility index (Phi) is 4.86. The van der Waals surface area contributed by atoms with E-state index in [4.69, 9.17) is 26.8 Å². The number of carbonyl (C=O) groups excluding carboxylic acids is 1. The van der Waals surface area contributed by atoms with Crippen LogP contribution in [0.5, 0.6) is 5.75 Å². The second-order valence-electron chi connectivity index (χ2n) is 4.79. The molecule has 2 unspecified atom stereocenters. The summed E-state index contributed by atoms with van der Waals surface area (Å²) < 4.78 is 10.2. The van der Waals surface area contributed by atoms with Crippen molar-refractivity contribution in [2.45, 2.75) is 18.5 Å². The Morgan fingerprint density at radius 3 is 2.80 bits per heavy atom. The number of nitrogens with two attached hydrogens (primary N) is 1. The van der Waals surface area contributed by atoms with Crippen LogP contribution in [-0.4, -0.2) is 44.2 Å². The third-order valence-electron chi connectivity index (χ3n) is 3.53. The van der Waals surface area contributed by atoms with Gasteiger partial charge in [0, 0.05) is 26.1 Å². The van der Waals surface area contributed by atoms with Crippen molar-refractivity contribution in [3.63, 3.8) is 0 Å². The zero-order valence-electron chi connectivity index (χ0n) is 11.6. The lowest BCUT2D eigenvalue weighted by Crippen LogP contribution is -2.35. The van der Waals surface area contributed by atoms with Crippen molar-refractivity contribution in [1.29, 1.82) is 0 Å². The van der Waals surface area contributed by atoms with Crippen molar-refractivity contribution in [3.8, 4) is 5.75 Å². The maximum absolute atomic E-state index is 12.0. The van der Waals surface area contributed by atoms with Gasteiger partial charge in [0.2, 0.25) is 5.91 Å². The minimum absolute atomic E-state index is 0.0477. The Labute approximate surface area is 123 Å². The number of benzene rings is 1. The SMILES string of the molecule is COCCN1C(=O)CC(N)C1c1ccc(OC)c(Cl)c1. The first kappa shape index (κ1) is 15.1. The standard InChI is InChI=1S/C14H19ClN2O3/c1-19-6-5-17-13(18)8-11(16)14(17)9-3-4-12(20-2)10(15)7-9/h3-4,7,11,14H,5-6,8,16H2,1-2H3. The summed E-state index contributed by atoms with van der Waals surface area (Å²) in [7, 11) is 3.18. The molecule has 1 fully saturated rings. The molecule has 1 amide bonds. The topological polar surface area (TPSA) is 64.8 Å². The van der Waals surface area contributed by atoms with Crippen LogP contribution in [0.1, 0.15) is 18.0 Å². The normalized spacial score (nSPS) is 22.4. The van der Waals surface area contributed by atoms with Gasteiger partial charge >= 0.3 is 0 Å². The van der Waals surface area contributed by atoms with Gasteiger partial charge in [0.1, 0.15) is 5.75 Å². The molecule has 2 atom stereocenters. The molecule has 1 aromatic rings. The first-order chi connectivity index (χ1) is 9.58. The Hall–Kier alpha value is -1.30. The minimum Gasteiger partial charge on any atom is -0.495 e. The molecule has 6 heteroatoms. The highest BCUT2D eigenvalue weighted by molar-refractivity contribution is 6.32. The van der Waals surface area contributed by atoms with Gasteiger partial charge in [0.15, 0.2) is 0 Å². The molecular formula is C14H19ClN2O3. The van der Waals surface area contributed by atoms with Gasteiger partial charge in [0.25, 0.3) is 0 Å². The number of nitrogens with zero attached hydrogens (tertiary/aromatic N) is 1. The molecule has 5 nitrogen and oxygen atoms in total. The zero-order valence-corrected chi connectivity index (χ0v) is 12.4. The molecule has 0 aliphatic carbocycles. The van der Waals surface area contributed by atoms with Gasteiger partial charge in [-0.2, -0.15) is 0 Å². The predicted molar refractivity (Wildman–Crippen MR) is 76.9 cm³/mol. The maximum atomic E-state index is 12.0. The number of methoxy groups -OCH3 is 2. The molecule has 2 N–H and O–H groups in total. The summed E-state index contributed by atoms with van der Waals surface area (Å²) in [4.78, 5) is 13.8. The van der Waals surface area contributed by atoms with Crippen molar-refractivity contribution >= 4 is 17.5 Å². The molecule has 1 aromatic carbocycles. The highest BCUT2D eigenvalue weighted by Crippen LogP contribution is 2.35. The number of ether oxygens (including phenoxy) is 2. The first-order valence-electron chi connectivity index (χ1n) is 6.46. The van der Waals surface area contributed by atoms with Gasteiger partial charge < -0.3 is 20.1 Å². The van der Waals surface area contributed by atoms with E-state index in [0.29, 0.717) is 30.3 Å². The Balaban J connectivity index is 2.27. The molecule has 20 heavy (non-hydrogen) atoms. The zero-order chi connectivity index (χ0) is 14.7. The number of halogens is 1. The summed E-state index contributed by atoms with van der Waals surface area (Å²) in [6, 6.07) is 5.10. The van der Waals surface area contributed by atoms with E-state index in [1.807, 2.05) is 12.1 Å². The van der Waals surface area contributed by atoms with E-state index in [-0.39, 0.29) is 18.0 Å². The number of likely N-dealkylation sites (tertiary alicyclic amines) is 1. The summed E-state index contributed by atoms with van der Waals surface area (Å²) in [5.74, 6) is 0.656. The number of hydrogen-bond donors (Lipinski definition) is 1. The van der Waals surface area contributed by atoms with Crippen LogP contribution < -0.4 is 10.5 Å². The van der Waals surface area contributed by atoms with Crippen molar-refractivity contribution in [1.82, 2.24) is 4.90 Å². The molecule has 1 saturated heterocycles. The monoisotopic (exact) mass is 298 g/mol. The second kappa shape index (κ2) is 6.43. The molecule has 1 heterocycles. The number of amides is 1. The molecule has 2 rings (SSSR count). The van der Waals surface area contributed by atoms with E-state index in [1.165, 1.54) is 0 Å². The maximum Gasteiger partial charge on any atom is 0.224 e. The fourth-order valence-corrected chi connectivity index (χ4v) is 2.83. The van der Waals surface area contributed by atoms with Crippen molar-refractivity contribution in [3.05, 3.63) is 28.8 Å². The summed E-state index contributed by atoms with van der Waals surface area (Å²) >= 11 is 6.15. The van der Waals surface area contributed by atoms with E-state index in [9.17, 15) is 4.79 Å². The van der Waals surface area contributed by atoms with Gasteiger partial charge in [0.05, 0.1) is 24.8 Å². The number of rotatable bonds is 5. The third kappa shape index (κ3) is 2.90. The van der Waals surface area contributed by atoms with E-state index in [0.717, 1.165) is 5.56 Å². The summed E-state index contributed by atoms with van der Waals surface area (Å²) in [5, 5.41) is 0.517. The van der Waals surface area contributed by atoms with Crippen LogP contribution in [0.3, 0.4) is 0 Å². The fraction of sp³-hybridized carbons (Fsp3) is 0.500. The summed E-state index contributed by atoms with van der Waals surface area (Å²) in [6.45, 7) is 1.01. The molecule has 0 radical (unpaired) electrons. The first-order valence-corrected chi connectivity index (χ1v) is 6.83. The largest absolute Gasteiger partial charge is 0.495 e. The third-order valence-corrected chi connectivity index (χ3v) is 3.82. The Bertz CT molecular complexity index is 495. The number of hydrogen-bond acceptors (Lipinski definition) is 4. The molecule has 1 aliphatic heterocycles. The van der Waals surface area contributed by atoms with E-state index < -0.39 is 0 Å². The molecule has 0 aromatic heterocycles. The lowest BCUT2D eigenvalue weighted by atomic mass is 10.0. The van der Waals surface area contributed by atoms with Crippen LogP contribution in [0.15, 0.2) is 18.2 Å². The summed E-state index contributed by atoms with van der Waals surface area (Å²) in [5.41, 5.74) is 7.03. The minimum atomic E-state index is -0.233. The highest BCUT2D eigenvalue weighted by atomic mass is 35.5. The van der Waals surface area contributed by atoms with Crippen molar-refractivity contribution in [2.75, 3.05) is 27.4 Å². The Morgan fingerprint density at radius 1 is 1.45 bits per heavy atom. The lowest BCUT2D eigenvalue weighted by Gasteiger charge is -2.27. The van der Waals surface area contributed by atoms with Crippen molar-refractivity contribution in [2.24, 2.45) is 5.73 Å². The van der Waals surface area contributed by atoms with Gasteiger partial charge in [-0.15, -0.1) is 0 Å². The molecule has 110 valence electrons. The average molecular weight is 299 g/mol. The number of carbonyl (C=O) groups is 1. The lowest BCUT2D eigenvalue weighted by molar-refractivity contribution is -0.129. The molecule has 0 spiro atoms. The van der Waals surface area contributed by atoms with Gasteiger partial charge in [-0.1, -0.05) is 17.7 Å². The van der Waals surface area contributed by atoms with Crippen LogP contribution in [0.25, 0.3) is 0 Å². The van der Waals surface area contributed by atoms with E-state index in [1.54, 1.807) is 25.2 Å². The van der Waals surface area contributed by atoms with Gasteiger partial charge in [-0.25, -0.2) is 0 Å². The van der Waals surface area contributed by atoms with Crippen molar-refractivity contribution < 1.29 is 14.3 Å². The van der Waals surface area contributed by atoms with Crippen LogP contribution >= 0.6 is 11.6 Å². The van der Waals surface area contributed by atoms with Crippen LogP contribution in [0, 0.1) is 0 Å². The molecular weight excluding hydrogens is 280 g/mol. The van der Waals surface area contributed by atoms with Gasteiger partial charge in [-0.3, -0.25) is 4.79 Å². The van der Waals surface area contributed by atoms with E-state index in [2.05, 4.69) is 0 Å². The van der Waals surface area contributed by atoms with E-state index >= 15 is 0 Å². The molecule has 0 saturated carbocycles. The molecule has 1 aliphatic rings. The van der Waals surface area contributed by atoms with Crippen LogP contribution in [0.4, 0.5) is 0 Å². The molecule has 0 bridgehead atoms. The predicted octanol–water partition coefficient (Wildman–Crippen LogP) is 1.60. The second-order valence-corrected chi connectivity index (χ2v) is 5.19. The smallest absolute Gasteiger partial charge is 0.224 e. The quantitative estimate of drug-likeness (QED) is 0.897. The average Bonchev–Trinajstić information content (AvgIpc) is 2.70. The highest BCUT2D eigenvalue weighted by Gasteiger charge is 2.38. The van der Waals surface area contributed by atoms with Gasteiger partial charge in [-0.05, 0) is 17.7 Å². The van der Waals surface area contributed by atoms with Crippen LogP contribution in [-0.2, 0) is 9.53 Å². The Morgan fingerprint density at radius 2 is 2.20 bits per heavy atom.